The minimum Gasteiger partial charge on any atom is -0.451 e. The molecule has 2 N–H and O–H groups in total. The van der Waals surface area contributed by atoms with Gasteiger partial charge in [0.2, 0.25) is 0 Å². The summed E-state index contributed by atoms with van der Waals surface area (Å²) in [6, 6.07) is 9.49. The number of nitrogens with zero attached hydrogens (tertiary/aromatic N) is 2. The third-order valence-corrected chi connectivity index (χ3v) is 4.93. The molecule has 6 nitrogen and oxygen atoms in total. The molecular weight excluding hydrogens is 318 g/mol. The number of nitrogens with one attached hydrogen (secondary N) is 1. The van der Waals surface area contributed by atoms with E-state index >= 15 is 0 Å². The zero-order valence-electron chi connectivity index (χ0n) is 13.9. The summed E-state index contributed by atoms with van der Waals surface area (Å²) < 4.78 is 7.61. The van der Waals surface area contributed by atoms with Crippen LogP contribution < -0.4 is 5.32 Å². The van der Waals surface area contributed by atoms with Crippen LogP contribution in [0.4, 0.5) is 0 Å². The molecule has 0 spiro atoms. The van der Waals surface area contributed by atoms with Gasteiger partial charge in [-0.2, -0.15) is 5.10 Å². The highest BCUT2D eigenvalue weighted by Crippen LogP contribution is 2.28. The van der Waals surface area contributed by atoms with Crippen LogP contribution in [0.2, 0.25) is 0 Å². The van der Waals surface area contributed by atoms with Gasteiger partial charge in [-0.1, -0.05) is 24.6 Å². The molecule has 2 aromatic heterocycles. The average Bonchev–Trinajstić information content (AvgIpc) is 3.34. The first-order valence-electron chi connectivity index (χ1n) is 8.66. The fraction of sp³-hybridized carbons (Fsp3) is 0.368. The average molecular weight is 339 g/mol. The maximum Gasteiger partial charge on any atom is 0.287 e. The maximum absolute atomic E-state index is 12.7. The van der Waals surface area contributed by atoms with Gasteiger partial charge >= 0.3 is 0 Å². The number of rotatable bonds is 5. The SMILES string of the molecule is O=C(NC[C@@H]1CCC[C@H]1O)c1oc2ccccc2c1Cn1cccn1. The summed E-state index contributed by atoms with van der Waals surface area (Å²) >= 11 is 0. The number of carbonyl (C=O) groups is 1. The fourth-order valence-electron chi connectivity index (χ4n) is 3.55. The molecule has 1 aliphatic rings. The number of aliphatic hydroxyl groups is 1. The van der Waals surface area contributed by atoms with Crippen molar-refractivity contribution >= 4 is 16.9 Å². The number of para-hydroxylation sites is 1. The Morgan fingerprint density at radius 2 is 2.20 bits per heavy atom. The number of fused-ring (bicyclic) bond motifs is 1. The monoisotopic (exact) mass is 339 g/mol. The van der Waals surface area contributed by atoms with E-state index in [1.807, 2.05) is 36.5 Å². The molecule has 0 bridgehead atoms. The largest absolute Gasteiger partial charge is 0.451 e. The van der Waals surface area contributed by atoms with E-state index in [1.54, 1.807) is 10.9 Å². The number of aromatic nitrogens is 2. The summed E-state index contributed by atoms with van der Waals surface area (Å²) in [7, 11) is 0. The maximum atomic E-state index is 12.7. The van der Waals surface area contributed by atoms with Crippen molar-refractivity contribution in [2.45, 2.75) is 31.9 Å². The Kier molecular flexibility index (Phi) is 4.28. The van der Waals surface area contributed by atoms with Crippen LogP contribution in [0.5, 0.6) is 0 Å². The number of benzene rings is 1. The first-order valence-corrected chi connectivity index (χ1v) is 8.66. The highest BCUT2D eigenvalue weighted by molar-refractivity contribution is 5.99. The summed E-state index contributed by atoms with van der Waals surface area (Å²) in [5.74, 6) is 0.213. The topological polar surface area (TPSA) is 80.3 Å². The smallest absolute Gasteiger partial charge is 0.287 e. The van der Waals surface area contributed by atoms with Gasteiger partial charge in [0.15, 0.2) is 5.76 Å². The van der Waals surface area contributed by atoms with Crippen molar-refractivity contribution in [3.05, 3.63) is 54.0 Å². The molecule has 4 rings (SSSR count). The van der Waals surface area contributed by atoms with E-state index in [0.29, 0.717) is 24.4 Å². The second-order valence-corrected chi connectivity index (χ2v) is 6.58. The lowest BCUT2D eigenvalue weighted by molar-refractivity contribution is 0.0891. The first kappa shape index (κ1) is 15.9. The predicted molar refractivity (Wildman–Crippen MR) is 93.2 cm³/mol. The number of amides is 1. The molecule has 25 heavy (non-hydrogen) atoms. The molecule has 1 saturated carbocycles. The van der Waals surface area contributed by atoms with Crippen LogP contribution in [0.3, 0.4) is 0 Å². The second kappa shape index (κ2) is 6.72. The van der Waals surface area contributed by atoms with Crippen LogP contribution in [-0.2, 0) is 6.54 Å². The molecule has 0 unspecified atom stereocenters. The Morgan fingerprint density at radius 3 is 2.96 bits per heavy atom. The molecular formula is C19H21N3O3. The van der Waals surface area contributed by atoms with Crippen molar-refractivity contribution in [1.82, 2.24) is 15.1 Å². The molecule has 3 aromatic rings. The molecule has 2 heterocycles. The summed E-state index contributed by atoms with van der Waals surface area (Å²) in [4.78, 5) is 12.7. The van der Waals surface area contributed by atoms with Crippen molar-refractivity contribution < 1.29 is 14.3 Å². The zero-order chi connectivity index (χ0) is 17.2. The molecule has 1 amide bonds. The highest BCUT2D eigenvalue weighted by Gasteiger charge is 2.27. The van der Waals surface area contributed by atoms with Gasteiger partial charge in [0, 0.05) is 35.8 Å². The second-order valence-electron chi connectivity index (χ2n) is 6.58. The Labute approximate surface area is 145 Å². The van der Waals surface area contributed by atoms with Gasteiger partial charge in [0.1, 0.15) is 5.58 Å². The summed E-state index contributed by atoms with van der Waals surface area (Å²) in [6.07, 6.45) is 6.02. The number of carbonyl (C=O) groups excluding carboxylic acids is 1. The van der Waals surface area contributed by atoms with Crippen LogP contribution in [0.25, 0.3) is 11.0 Å². The van der Waals surface area contributed by atoms with E-state index < -0.39 is 0 Å². The van der Waals surface area contributed by atoms with Gasteiger partial charge in [-0.15, -0.1) is 0 Å². The standard InChI is InChI=1S/C19H21N3O3/c23-16-7-3-5-13(16)11-20-19(24)18-15(12-22-10-4-9-21-22)14-6-1-2-8-17(14)25-18/h1-2,4,6,8-10,13,16,23H,3,5,7,11-12H2,(H,20,24)/t13-,16+/m0/s1. The number of hydrogen-bond acceptors (Lipinski definition) is 4. The van der Waals surface area contributed by atoms with Crippen molar-refractivity contribution in [1.29, 1.82) is 0 Å². The Morgan fingerprint density at radius 1 is 1.32 bits per heavy atom. The normalized spacial score (nSPS) is 20.2. The third kappa shape index (κ3) is 3.17. The quantitative estimate of drug-likeness (QED) is 0.749. The fourth-order valence-corrected chi connectivity index (χ4v) is 3.55. The molecule has 130 valence electrons. The van der Waals surface area contributed by atoms with E-state index in [-0.39, 0.29) is 17.9 Å². The Hall–Kier alpha value is -2.60. The lowest BCUT2D eigenvalue weighted by Gasteiger charge is -2.14. The Balaban J connectivity index is 1.60. The van der Waals surface area contributed by atoms with Gasteiger partial charge in [-0.3, -0.25) is 9.48 Å². The minimum atomic E-state index is -0.320. The van der Waals surface area contributed by atoms with Crippen molar-refractivity contribution in [3.63, 3.8) is 0 Å². The van der Waals surface area contributed by atoms with E-state index in [0.717, 1.165) is 30.2 Å². The van der Waals surface area contributed by atoms with E-state index in [4.69, 9.17) is 4.42 Å². The van der Waals surface area contributed by atoms with Crippen molar-refractivity contribution in [2.24, 2.45) is 5.92 Å². The van der Waals surface area contributed by atoms with Gasteiger partial charge in [-0.05, 0) is 25.0 Å². The molecule has 0 radical (unpaired) electrons. The van der Waals surface area contributed by atoms with Gasteiger partial charge < -0.3 is 14.8 Å². The van der Waals surface area contributed by atoms with Crippen LogP contribution in [0.1, 0.15) is 35.4 Å². The lowest BCUT2D eigenvalue weighted by Crippen LogP contribution is -2.32. The number of furan rings is 1. The highest BCUT2D eigenvalue weighted by atomic mass is 16.3. The van der Waals surface area contributed by atoms with Gasteiger partial charge in [0.05, 0.1) is 12.6 Å². The summed E-state index contributed by atoms with van der Waals surface area (Å²) in [6.45, 7) is 0.942. The molecule has 0 saturated heterocycles. The number of hydrogen-bond donors (Lipinski definition) is 2. The van der Waals surface area contributed by atoms with Gasteiger partial charge in [-0.25, -0.2) is 0 Å². The molecule has 0 aliphatic heterocycles. The van der Waals surface area contributed by atoms with Crippen molar-refractivity contribution in [2.75, 3.05) is 6.54 Å². The van der Waals surface area contributed by atoms with Crippen molar-refractivity contribution in [3.8, 4) is 0 Å². The van der Waals surface area contributed by atoms with Crippen LogP contribution in [0, 0.1) is 5.92 Å². The molecule has 6 heteroatoms. The van der Waals surface area contributed by atoms with Crippen LogP contribution in [0.15, 0.2) is 47.1 Å². The zero-order valence-corrected chi connectivity index (χ0v) is 13.9. The predicted octanol–water partition coefficient (Wildman–Crippen LogP) is 2.57. The lowest BCUT2D eigenvalue weighted by atomic mass is 10.1. The summed E-state index contributed by atoms with van der Waals surface area (Å²) in [5, 5.41) is 18.0. The molecule has 1 aromatic carbocycles. The van der Waals surface area contributed by atoms with Crippen LogP contribution >= 0.6 is 0 Å². The first-order chi connectivity index (χ1) is 12.2. The molecule has 1 aliphatic carbocycles. The Bertz CT molecular complexity index is 869. The third-order valence-electron chi connectivity index (χ3n) is 4.93. The molecule has 1 fully saturated rings. The van der Waals surface area contributed by atoms with Crippen LogP contribution in [-0.4, -0.2) is 33.4 Å². The van der Waals surface area contributed by atoms with E-state index in [9.17, 15) is 9.90 Å². The minimum absolute atomic E-state index is 0.128. The number of aliphatic hydroxyl groups excluding tert-OH is 1. The van der Waals surface area contributed by atoms with Gasteiger partial charge in [0.25, 0.3) is 5.91 Å². The molecule has 2 atom stereocenters. The van der Waals surface area contributed by atoms with E-state index in [1.165, 1.54) is 0 Å². The summed E-state index contributed by atoms with van der Waals surface area (Å²) in [5.41, 5.74) is 1.51. The van der Waals surface area contributed by atoms with E-state index in [2.05, 4.69) is 10.4 Å².